The van der Waals surface area contributed by atoms with Crippen LogP contribution in [0.4, 0.5) is 13.2 Å². The Morgan fingerprint density at radius 1 is 1.27 bits per heavy atom. The zero-order chi connectivity index (χ0) is 15.5. The quantitative estimate of drug-likeness (QED) is 0.883. The van der Waals surface area contributed by atoms with Crippen LogP contribution in [0.3, 0.4) is 0 Å². The van der Waals surface area contributed by atoms with Gasteiger partial charge < -0.3 is 10.4 Å². The average molecular weight is 339 g/mol. The number of benzene rings is 1. The number of alkyl halides is 3. The molecule has 1 fully saturated rings. The average Bonchev–Trinajstić information content (AvgIpc) is 2.43. The summed E-state index contributed by atoms with van der Waals surface area (Å²) in [5.74, 6) is 0.114. The molecule has 0 saturated carbocycles. The summed E-state index contributed by atoms with van der Waals surface area (Å²) >= 11 is 0. The van der Waals surface area contributed by atoms with Gasteiger partial charge in [0.25, 0.3) is 0 Å². The lowest BCUT2D eigenvalue weighted by Gasteiger charge is -2.36. The van der Waals surface area contributed by atoms with E-state index in [1.165, 1.54) is 0 Å². The van der Waals surface area contributed by atoms with E-state index in [4.69, 9.17) is 0 Å². The maximum absolute atomic E-state index is 12.6. The van der Waals surface area contributed by atoms with Crippen molar-refractivity contribution in [1.82, 2.24) is 10.2 Å². The van der Waals surface area contributed by atoms with Gasteiger partial charge in [0.2, 0.25) is 0 Å². The topological polar surface area (TPSA) is 35.5 Å². The van der Waals surface area contributed by atoms with E-state index < -0.39 is 18.6 Å². The minimum Gasteiger partial charge on any atom is -0.507 e. The first-order valence-corrected chi connectivity index (χ1v) is 7.18. The van der Waals surface area contributed by atoms with E-state index in [9.17, 15) is 18.3 Å². The third-order valence-electron chi connectivity index (χ3n) is 3.92. The molecule has 1 aromatic rings. The van der Waals surface area contributed by atoms with Crippen LogP contribution < -0.4 is 5.32 Å². The molecule has 1 aliphatic heterocycles. The van der Waals surface area contributed by atoms with Crippen molar-refractivity contribution in [2.45, 2.75) is 32.0 Å². The number of nitrogens with one attached hydrogen (secondary N) is 1. The lowest BCUT2D eigenvalue weighted by atomic mass is 9.96. The van der Waals surface area contributed by atoms with Crippen LogP contribution in [-0.2, 0) is 0 Å². The van der Waals surface area contributed by atoms with Gasteiger partial charge in [-0.1, -0.05) is 18.2 Å². The number of halogens is 4. The Balaban J connectivity index is 0.00000242. The Morgan fingerprint density at radius 3 is 2.50 bits per heavy atom. The number of hydrogen-bond donors (Lipinski definition) is 2. The highest BCUT2D eigenvalue weighted by atomic mass is 35.5. The van der Waals surface area contributed by atoms with Gasteiger partial charge in [-0.2, -0.15) is 13.2 Å². The highest BCUT2D eigenvalue weighted by molar-refractivity contribution is 5.85. The van der Waals surface area contributed by atoms with E-state index in [-0.39, 0.29) is 24.6 Å². The third kappa shape index (κ3) is 5.04. The predicted molar refractivity (Wildman–Crippen MR) is 82.6 cm³/mol. The maximum atomic E-state index is 12.6. The first-order valence-electron chi connectivity index (χ1n) is 7.18. The molecule has 7 heteroatoms. The van der Waals surface area contributed by atoms with Crippen LogP contribution >= 0.6 is 12.4 Å². The molecule has 0 spiro atoms. The van der Waals surface area contributed by atoms with Crippen LogP contribution in [0.5, 0.6) is 5.75 Å². The first-order chi connectivity index (χ1) is 9.88. The Morgan fingerprint density at radius 2 is 1.91 bits per heavy atom. The van der Waals surface area contributed by atoms with Crippen molar-refractivity contribution in [3.63, 3.8) is 0 Å². The maximum Gasteiger partial charge on any atom is 0.389 e. The highest BCUT2D eigenvalue weighted by Crippen LogP contribution is 2.36. The lowest BCUT2D eigenvalue weighted by Crippen LogP contribution is -2.45. The summed E-state index contributed by atoms with van der Waals surface area (Å²) in [7, 11) is 0. The zero-order valence-electron chi connectivity index (χ0n) is 12.5. The molecule has 1 heterocycles. The van der Waals surface area contributed by atoms with Gasteiger partial charge in [-0.15, -0.1) is 12.4 Å². The van der Waals surface area contributed by atoms with E-state index in [0.29, 0.717) is 24.2 Å². The highest BCUT2D eigenvalue weighted by Gasteiger charge is 2.32. The minimum atomic E-state index is -4.17. The van der Waals surface area contributed by atoms with Crippen LogP contribution in [0, 0.1) is 6.92 Å². The second-order valence-corrected chi connectivity index (χ2v) is 5.47. The summed E-state index contributed by atoms with van der Waals surface area (Å²) in [6.45, 7) is 4.66. The van der Waals surface area contributed by atoms with Crippen molar-refractivity contribution in [1.29, 1.82) is 0 Å². The number of hydrogen-bond acceptors (Lipinski definition) is 3. The van der Waals surface area contributed by atoms with Crippen molar-refractivity contribution in [2.24, 2.45) is 0 Å². The Kier molecular flexibility index (Phi) is 6.97. The van der Waals surface area contributed by atoms with Crippen LogP contribution in [0.1, 0.15) is 30.0 Å². The second kappa shape index (κ2) is 8.04. The van der Waals surface area contributed by atoms with E-state index in [2.05, 4.69) is 5.32 Å². The van der Waals surface area contributed by atoms with Gasteiger partial charge in [-0.05, 0) is 18.9 Å². The van der Waals surface area contributed by atoms with E-state index in [1.54, 1.807) is 25.1 Å². The predicted octanol–water partition coefficient (Wildman–Crippen LogP) is 3.41. The van der Waals surface area contributed by atoms with Crippen molar-refractivity contribution in [2.75, 3.05) is 26.2 Å². The largest absolute Gasteiger partial charge is 0.507 e. The molecule has 126 valence electrons. The van der Waals surface area contributed by atoms with Crippen molar-refractivity contribution < 1.29 is 18.3 Å². The Labute approximate surface area is 134 Å². The standard InChI is InChI=1S/C15H21F3N2O.ClH/c1-11-3-2-4-12(14(11)21)13(5-6-15(16,17)18)20-9-7-19-8-10-20;/h2-4,13,19,21H,5-10H2,1H3;1H/t13-;/m1./s1. The van der Waals surface area contributed by atoms with Crippen molar-refractivity contribution >= 4 is 12.4 Å². The van der Waals surface area contributed by atoms with Gasteiger partial charge in [-0.25, -0.2) is 0 Å². The van der Waals surface area contributed by atoms with E-state index in [1.807, 2.05) is 4.90 Å². The zero-order valence-corrected chi connectivity index (χ0v) is 13.3. The summed E-state index contributed by atoms with van der Waals surface area (Å²) in [5, 5.41) is 13.4. The number of rotatable bonds is 4. The molecule has 1 aromatic carbocycles. The SMILES string of the molecule is Cc1cccc([C@@H](CCC(F)(F)F)N2CCNCC2)c1O.Cl. The number of phenolic OH excluding ortho intramolecular Hbond substituents is 1. The molecular formula is C15H22ClF3N2O. The molecule has 3 nitrogen and oxygen atoms in total. The summed E-state index contributed by atoms with van der Waals surface area (Å²) in [4.78, 5) is 2.02. The number of nitrogens with zero attached hydrogens (tertiary/aromatic N) is 1. The number of para-hydroxylation sites is 1. The fourth-order valence-electron chi connectivity index (χ4n) is 2.78. The van der Waals surface area contributed by atoms with Gasteiger partial charge in [0, 0.05) is 44.2 Å². The van der Waals surface area contributed by atoms with Gasteiger partial charge in [0.1, 0.15) is 5.75 Å². The molecule has 0 radical (unpaired) electrons. The molecule has 2 N–H and O–H groups in total. The fourth-order valence-corrected chi connectivity index (χ4v) is 2.78. The van der Waals surface area contributed by atoms with E-state index >= 15 is 0 Å². The number of aryl methyl sites for hydroxylation is 1. The summed E-state index contributed by atoms with van der Waals surface area (Å²) in [6, 6.07) is 4.88. The molecule has 1 atom stereocenters. The summed E-state index contributed by atoms with van der Waals surface area (Å²) in [6.07, 6.45) is -5.04. The first kappa shape index (κ1) is 19.1. The molecule has 2 rings (SSSR count). The number of phenols is 1. The fraction of sp³-hybridized carbons (Fsp3) is 0.600. The minimum absolute atomic E-state index is 0. The van der Waals surface area contributed by atoms with Crippen LogP contribution in [0.25, 0.3) is 0 Å². The van der Waals surface area contributed by atoms with Crippen LogP contribution in [-0.4, -0.2) is 42.4 Å². The molecule has 1 saturated heterocycles. The van der Waals surface area contributed by atoms with Gasteiger partial charge >= 0.3 is 6.18 Å². The van der Waals surface area contributed by atoms with Gasteiger partial charge in [-0.3, -0.25) is 4.90 Å². The lowest BCUT2D eigenvalue weighted by molar-refractivity contribution is -0.138. The normalized spacial score (nSPS) is 17.8. The number of aromatic hydroxyl groups is 1. The van der Waals surface area contributed by atoms with Crippen molar-refractivity contribution in [3.05, 3.63) is 29.3 Å². The van der Waals surface area contributed by atoms with Crippen molar-refractivity contribution in [3.8, 4) is 5.75 Å². The number of piperazine rings is 1. The van der Waals surface area contributed by atoms with E-state index in [0.717, 1.165) is 13.1 Å². The molecule has 22 heavy (non-hydrogen) atoms. The molecule has 1 aliphatic rings. The van der Waals surface area contributed by atoms with Crippen LogP contribution in [0.2, 0.25) is 0 Å². The Bertz CT molecular complexity index is 476. The smallest absolute Gasteiger partial charge is 0.389 e. The molecule has 0 aliphatic carbocycles. The molecule has 0 unspecified atom stereocenters. The van der Waals surface area contributed by atoms with Gasteiger partial charge in [0.05, 0.1) is 0 Å². The molecule has 0 bridgehead atoms. The monoisotopic (exact) mass is 338 g/mol. The second-order valence-electron chi connectivity index (χ2n) is 5.47. The summed E-state index contributed by atoms with van der Waals surface area (Å²) in [5.41, 5.74) is 1.29. The van der Waals surface area contributed by atoms with Gasteiger partial charge in [0.15, 0.2) is 0 Å². The summed E-state index contributed by atoms with van der Waals surface area (Å²) < 4.78 is 37.8. The Hall–Kier alpha value is -0.980. The van der Waals surface area contributed by atoms with Crippen LogP contribution in [0.15, 0.2) is 18.2 Å². The molecule has 0 aromatic heterocycles. The third-order valence-corrected chi connectivity index (χ3v) is 3.92. The molecular weight excluding hydrogens is 317 g/mol. The molecule has 0 amide bonds.